The molecule has 0 aromatic rings. The van der Waals surface area contributed by atoms with Crippen LogP contribution in [0, 0.1) is 0 Å². The summed E-state index contributed by atoms with van der Waals surface area (Å²) >= 11 is 0. The van der Waals surface area contributed by atoms with Crippen LogP contribution >= 0.6 is 0 Å². The van der Waals surface area contributed by atoms with Gasteiger partial charge in [0, 0.05) is 12.1 Å². The Labute approximate surface area is 120 Å². The molecule has 2 heteroatoms. The first kappa shape index (κ1) is 17.0. The third-order valence-electron chi connectivity index (χ3n) is 4.37. The van der Waals surface area contributed by atoms with E-state index in [0.29, 0.717) is 6.04 Å². The molecule has 2 atom stereocenters. The number of hydrogen-bond donors (Lipinski definition) is 2. The molecule has 0 spiro atoms. The molecule has 2 nitrogen and oxygen atoms in total. The molecule has 0 aromatic heterocycles. The Morgan fingerprint density at radius 2 is 1.53 bits per heavy atom. The number of hydrogen-bond acceptors (Lipinski definition) is 2. The highest BCUT2D eigenvalue weighted by Gasteiger charge is 2.12. The van der Waals surface area contributed by atoms with Gasteiger partial charge in [-0.1, -0.05) is 57.8 Å². The molecule has 1 unspecified atom stereocenters. The number of rotatable bonds is 12. The molecule has 3 N–H and O–H groups in total. The van der Waals surface area contributed by atoms with Gasteiger partial charge in [-0.25, -0.2) is 0 Å². The van der Waals surface area contributed by atoms with E-state index in [1.807, 2.05) is 0 Å². The normalized spacial score (nSPS) is 20.8. The van der Waals surface area contributed by atoms with Gasteiger partial charge in [-0.15, -0.1) is 0 Å². The maximum absolute atomic E-state index is 5.74. The van der Waals surface area contributed by atoms with Crippen LogP contribution in [0.4, 0.5) is 0 Å². The fourth-order valence-corrected chi connectivity index (χ4v) is 3.10. The first-order valence-electron chi connectivity index (χ1n) is 8.78. The second kappa shape index (κ2) is 11.7. The predicted octanol–water partition coefficient (Wildman–Crippen LogP) is 4.38. The molecule has 1 rings (SSSR count). The van der Waals surface area contributed by atoms with E-state index in [9.17, 15) is 0 Å². The molecule has 1 heterocycles. The fourth-order valence-electron chi connectivity index (χ4n) is 3.10. The topological polar surface area (TPSA) is 38.0 Å². The lowest BCUT2D eigenvalue weighted by Crippen LogP contribution is -2.20. The standard InChI is InChI=1S/C17H36N2/c1-16(18)12-9-7-5-3-2-4-6-8-10-13-17-14-11-15-19-17/h16-17,19H,2-15,18H2,1H3/t16?,17-/m1/s1. The van der Waals surface area contributed by atoms with E-state index in [4.69, 9.17) is 5.73 Å². The van der Waals surface area contributed by atoms with Gasteiger partial charge in [0.15, 0.2) is 0 Å². The quantitative estimate of drug-likeness (QED) is 0.516. The first-order chi connectivity index (χ1) is 9.29. The van der Waals surface area contributed by atoms with Crippen molar-refractivity contribution in [2.24, 2.45) is 5.73 Å². The molecule has 0 bridgehead atoms. The summed E-state index contributed by atoms with van der Waals surface area (Å²) in [5.74, 6) is 0. The summed E-state index contributed by atoms with van der Waals surface area (Å²) < 4.78 is 0. The lowest BCUT2D eigenvalue weighted by molar-refractivity contribution is 0.496. The van der Waals surface area contributed by atoms with Crippen molar-refractivity contribution in [3.05, 3.63) is 0 Å². The highest BCUT2D eigenvalue weighted by atomic mass is 14.9. The van der Waals surface area contributed by atoms with E-state index >= 15 is 0 Å². The molecular formula is C17H36N2. The van der Waals surface area contributed by atoms with Crippen LogP contribution in [-0.4, -0.2) is 18.6 Å². The molecule has 114 valence electrons. The van der Waals surface area contributed by atoms with Crippen LogP contribution in [0.2, 0.25) is 0 Å². The van der Waals surface area contributed by atoms with Gasteiger partial charge in [-0.05, 0) is 39.2 Å². The molecule has 0 amide bonds. The lowest BCUT2D eigenvalue weighted by atomic mass is 10.0. The van der Waals surface area contributed by atoms with Gasteiger partial charge in [-0.2, -0.15) is 0 Å². The fraction of sp³-hybridized carbons (Fsp3) is 1.00. The van der Waals surface area contributed by atoms with Crippen molar-refractivity contribution >= 4 is 0 Å². The van der Waals surface area contributed by atoms with Crippen LogP contribution in [0.5, 0.6) is 0 Å². The van der Waals surface area contributed by atoms with E-state index in [-0.39, 0.29) is 0 Å². The van der Waals surface area contributed by atoms with Crippen molar-refractivity contribution < 1.29 is 0 Å². The Morgan fingerprint density at radius 1 is 0.947 bits per heavy atom. The molecule has 1 saturated heterocycles. The summed E-state index contributed by atoms with van der Waals surface area (Å²) in [4.78, 5) is 0. The van der Waals surface area contributed by atoms with Crippen LogP contribution in [0.3, 0.4) is 0 Å². The smallest absolute Gasteiger partial charge is 0.00675 e. The van der Waals surface area contributed by atoms with E-state index in [1.165, 1.54) is 90.0 Å². The maximum atomic E-state index is 5.74. The average molecular weight is 268 g/mol. The zero-order chi connectivity index (χ0) is 13.8. The first-order valence-corrected chi connectivity index (χ1v) is 8.78. The van der Waals surface area contributed by atoms with Crippen molar-refractivity contribution in [2.45, 2.75) is 102 Å². The van der Waals surface area contributed by atoms with Gasteiger partial charge >= 0.3 is 0 Å². The van der Waals surface area contributed by atoms with Gasteiger partial charge in [0.1, 0.15) is 0 Å². The Balaban J connectivity index is 1.69. The Hall–Kier alpha value is -0.0800. The Kier molecular flexibility index (Phi) is 10.5. The monoisotopic (exact) mass is 268 g/mol. The van der Waals surface area contributed by atoms with Gasteiger partial charge in [-0.3, -0.25) is 0 Å². The van der Waals surface area contributed by atoms with Crippen molar-refractivity contribution in [1.82, 2.24) is 5.32 Å². The number of nitrogens with one attached hydrogen (secondary N) is 1. The lowest BCUT2D eigenvalue weighted by Gasteiger charge is -2.09. The molecule has 0 saturated carbocycles. The zero-order valence-electron chi connectivity index (χ0n) is 13.1. The molecule has 1 fully saturated rings. The maximum Gasteiger partial charge on any atom is 0.00675 e. The highest BCUT2D eigenvalue weighted by molar-refractivity contribution is 4.73. The van der Waals surface area contributed by atoms with Crippen molar-refractivity contribution in [3.8, 4) is 0 Å². The second-order valence-electron chi connectivity index (χ2n) is 6.53. The zero-order valence-corrected chi connectivity index (χ0v) is 13.1. The van der Waals surface area contributed by atoms with Gasteiger partial charge in [0.25, 0.3) is 0 Å². The molecular weight excluding hydrogens is 232 g/mol. The van der Waals surface area contributed by atoms with Gasteiger partial charge in [0.2, 0.25) is 0 Å². The largest absolute Gasteiger partial charge is 0.328 e. The molecule has 0 radical (unpaired) electrons. The van der Waals surface area contributed by atoms with E-state index in [1.54, 1.807) is 0 Å². The minimum Gasteiger partial charge on any atom is -0.328 e. The Bertz CT molecular complexity index is 186. The van der Waals surface area contributed by atoms with Crippen LogP contribution < -0.4 is 11.1 Å². The predicted molar refractivity (Wildman–Crippen MR) is 85.5 cm³/mol. The summed E-state index contributed by atoms with van der Waals surface area (Å²) in [5, 5.41) is 3.59. The number of unbranched alkanes of at least 4 members (excludes halogenated alkanes) is 8. The molecule has 19 heavy (non-hydrogen) atoms. The SMILES string of the molecule is CC(N)CCCCCCCCCCC[C@@H]1CCCN1. The minimum atomic E-state index is 0.398. The molecule has 0 aromatic carbocycles. The summed E-state index contributed by atoms with van der Waals surface area (Å²) in [6.45, 7) is 3.37. The van der Waals surface area contributed by atoms with Crippen molar-refractivity contribution in [1.29, 1.82) is 0 Å². The molecule has 1 aliphatic rings. The molecule has 0 aliphatic carbocycles. The average Bonchev–Trinajstić information content (AvgIpc) is 2.88. The summed E-state index contributed by atoms with van der Waals surface area (Å²) in [7, 11) is 0. The second-order valence-corrected chi connectivity index (χ2v) is 6.53. The summed E-state index contributed by atoms with van der Waals surface area (Å²) in [6.07, 6.45) is 18.2. The van der Waals surface area contributed by atoms with E-state index in [2.05, 4.69) is 12.2 Å². The van der Waals surface area contributed by atoms with Crippen molar-refractivity contribution in [3.63, 3.8) is 0 Å². The van der Waals surface area contributed by atoms with Crippen LogP contribution in [0.15, 0.2) is 0 Å². The third-order valence-corrected chi connectivity index (χ3v) is 4.37. The molecule has 1 aliphatic heterocycles. The minimum absolute atomic E-state index is 0.398. The summed E-state index contributed by atoms with van der Waals surface area (Å²) in [5.41, 5.74) is 5.74. The third kappa shape index (κ3) is 10.4. The van der Waals surface area contributed by atoms with Crippen LogP contribution in [0.25, 0.3) is 0 Å². The Morgan fingerprint density at radius 3 is 2.05 bits per heavy atom. The van der Waals surface area contributed by atoms with Crippen LogP contribution in [-0.2, 0) is 0 Å². The van der Waals surface area contributed by atoms with E-state index < -0.39 is 0 Å². The van der Waals surface area contributed by atoms with Crippen molar-refractivity contribution in [2.75, 3.05) is 6.54 Å². The summed E-state index contributed by atoms with van der Waals surface area (Å²) in [6, 6.07) is 1.25. The number of nitrogens with two attached hydrogens (primary N) is 1. The van der Waals surface area contributed by atoms with Gasteiger partial charge in [0.05, 0.1) is 0 Å². The van der Waals surface area contributed by atoms with Crippen LogP contribution in [0.1, 0.15) is 90.4 Å². The van der Waals surface area contributed by atoms with Gasteiger partial charge < -0.3 is 11.1 Å². The van der Waals surface area contributed by atoms with E-state index in [0.717, 1.165) is 6.04 Å². The highest BCUT2D eigenvalue weighted by Crippen LogP contribution is 2.15.